The Kier molecular flexibility index (Phi) is 3.96. The van der Waals surface area contributed by atoms with E-state index in [1.54, 1.807) is 19.0 Å². The number of hydrogen-bond acceptors (Lipinski definition) is 5. The first-order valence-corrected chi connectivity index (χ1v) is 6.29. The molecule has 2 rings (SSSR count). The Labute approximate surface area is 107 Å². The van der Waals surface area contributed by atoms with Gasteiger partial charge in [0, 0.05) is 20.0 Å². The van der Waals surface area contributed by atoms with E-state index in [9.17, 15) is 4.79 Å². The SMILES string of the molecule is Cc1noc(C2CCN(CC(=O)N(C)C)CC2)n1. The normalized spacial score (nSPS) is 17.9. The molecule has 0 aliphatic carbocycles. The Morgan fingerprint density at radius 3 is 2.61 bits per heavy atom. The standard InChI is InChI=1S/C12H20N4O2/c1-9-13-12(18-14-9)10-4-6-16(7-5-10)8-11(17)15(2)3/h10H,4-8H2,1-3H3. The molecule has 0 radical (unpaired) electrons. The average Bonchev–Trinajstić information content (AvgIpc) is 2.76. The summed E-state index contributed by atoms with van der Waals surface area (Å²) in [5.41, 5.74) is 0. The maximum Gasteiger partial charge on any atom is 0.236 e. The molecule has 0 unspecified atom stereocenters. The van der Waals surface area contributed by atoms with Crippen molar-refractivity contribution in [3.05, 3.63) is 11.7 Å². The Bertz CT molecular complexity index is 408. The third-order valence-electron chi connectivity index (χ3n) is 3.34. The van der Waals surface area contributed by atoms with Crippen molar-refractivity contribution < 1.29 is 9.32 Å². The highest BCUT2D eigenvalue weighted by atomic mass is 16.5. The van der Waals surface area contributed by atoms with Gasteiger partial charge in [-0.3, -0.25) is 9.69 Å². The quantitative estimate of drug-likeness (QED) is 0.790. The van der Waals surface area contributed by atoms with Crippen LogP contribution in [0.25, 0.3) is 0 Å². The van der Waals surface area contributed by atoms with E-state index in [4.69, 9.17) is 4.52 Å². The number of nitrogens with zero attached hydrogens (tertiary/aromatic N) is 4. The Hall–Kier alpha value is -1.43. The first kappa shape index (κ1) is 13.0. The van der Waals surface area contributed by atoms with E-state index < -0.39 is 0 Å². The number of piperidine rings is 1. The minimum atomic E-state index is 0.155. The zero-order valence-corrected chi connectivity index (χ0v) is 11.2. The number of likely N-dealkylation sites (N-methyl/N-ethyl adjacent to an activating group) is 1. The second-order valence-electron chi connectivity index (χ2n) is 5.02. The van der Waals surface area contributed by atoms with Gasteiger partial charge in [-0.1, -0.05) is 5.16 Å². The Balaban J connectivity index is 1.83. The number of carbonyl (C=O) groups is 1. The minimum Gasteiger partial charge on any atom is -0.348 e. The summed E-state index contributed by atoms with van der Waals surface area (Å²) in [6.45, 7) is 4.15. The van der Waals surface area contributed by atoms with Crippen LogP contribution in [0.15, 0.2) is 4.52 Å². The van der Waals surface area contributed by atoms with E-state index in [2.05, 4.69) is 15.0 Å². The topological polar surface area (TPSA) is 62.5 Å². The van der Waals surface area contributed by atoms with Gasteiger partial charge >= 0.3 is 0 Å². The van der Waals surface area contributed by atoms with Crippen LogP contribution in [-0.2, 0) is 4.79 Å². The van der Waals surface area contributed by atoms with Gasteiger partial charge in [0.25, 0.3) is 0 Å². The molecule has 0 atom stereocenters. The second kappa shape index (κ2) is 5.48. The van der Waals surface area contributed by atoms with E-state index in [-0.39, 0.29) is 5.91 Å². The number of likely N-dealkylation sites (tertiary alicyclic amines) is 1. The molecule has 1 aliphatic rings. The van der Waals surface area contributed by atoms with Crippen LogP contribution in [0, 0.1) is 6.92 Å². The van der Waals surface area contributed by atoms with Crippen molar-refractivity contribution >= 4 is 5.91 Å². The van der Waals surface area contributed by atoms with E-state index in [0.717, 1.165) is 31.8 Å². The van der Waals surface area contributed by atoms with E-state index in [1.807, 2.05) is 6.92 Å². The Morgan fingerprint density at radius 1 is 1.44 bits per heavy atom. The zero-order chi connectivity index (χ0) is 13.1. The van der Waals surface area contributed by atoms with Crippen LogP contribution in [0.4, 0.5) is 0 Å². The van der Waals surface area contributed by atoms with Crippen LogP contribution < -0.4 is 0 Å². The Morgan fingerprint density at radius 2 is 2.11 bits per heavy atom. The fourth-order valence-corrected chi connectivity index (χ4v) is 2.15. The van der Waals surface area contributed by atoms with Crippen molar-refractivity contribution in [2.45, 2.75) is 25.7 Å². The van der Waals surface area contributed by atoms with Gasteiger partial charge in [-0.15, -0.1) is 0 Å². The van der Waals surface area contributed by atoms with Gasteiger partial charge in [-0.25, -0.2) is 0 Å². The maximum atomic E-state index is 11.6. The predicted molar refractivity (Wildman–Crippen MR) is 66.1 cm³/mol. The summed E-state index contributed by atoms with van der Waals surface area (Å²) in [6, 6.07) is 0. The lowest BCUT2D eigenvalue weighted by molar-refractivity contribution is -0.130. The lowest BCUT2D eigenvalue weighted by Gasteiger charge is -2.30. The van der Waals surface area contributed by atoms with Crippen molar-refractivity contribution in [3.8, 4) is 0 Å². The van der Waals surface area contributed by atoms with Gasteiger partial charge in [0.05, 0.1) is 6.54 Å². The summed E-state index contributed by atoms with van der Waals surface area (Å²) in [6.07, 6.45) is 1.95. The van der Waals surface area contributed by atoms with Gasteiger partial charge in [0.2, 0.25) is 11.8 Å². The van der Waals surface area contributed by atoms with Crippen LogP contribution in [0.5, 0.6) is 0 Å². The molecule has 1 aliphatic heterocycles. The molecule has 0 spiro atoms. The van der Waals surface area contributed by atoms with Crippen molar-refractivity contribution in [3.63, 3.8) is 0 Å². The third-order valence-corrected chi connectivity index (χ3v) is 3.34. The summed E-state index contributed by atoms with van der Waals surface area (Å²) in [5, 5.41) is 3.82. The summed E-state index contributed by atoms with van der Waals surface area (Å²) in [5.74, 6) is 1.93. The van der Waals surface area contributed by atoms with Crippen molar-refractivity contribution in [2.75, 3.05) is 33.7 Å². The number of aromatic nitrogens is 2. The molecule has 1 aromatic rings. The van der Waals surface area contributed by atoms with Crippen LogP contribution in [0.1, 0.15) is 30.5 Å². The summed E-state index contributed by atoms with van der Waals surface area (Å²) < 4.78 is 5.20. The molecule has 18 heavy (non-hydrogen) atoms. The highest BCUT2D eigenvalue weighted by Gasteiger charge is 2.25. The van der Waals surface area contributed by atoms with Crippen molar-refractivity contribution in [1.82, 2.24) is 19.9 Å². The molecule has 0 bridgehead atoms. The van der Waals surface area contributed by atoms with Gasteiger partial charge in [-0.05, 0) is 32.9 Å². The van der Waals surface area contributed by atoms with Gasteiger partial charge in [0.15, 0.2) is 5.82 Å². The molecule has 6 heteroatoms. The summed E-state index contributed by atoms with van der Waals surface area (Å²) in [4.78, 5) is 19.7. The molecule has 1 aromatic heterocycles. The van der Waals surface area contributed by atoms with Gasteiger partial charge < -0.3 is 9.42 Å². The smallest absolute Gasteiger partial charge is 0.236 e. The molecular formula is C12H20N4O2. The molecule has 0 saturated carbocycles. The number of hydrogen-bond donors (Lipinski definition) is 0. The van der Waals surface area contributed by atoms with Crippen LogP contribution in [0.3, 0.4) is 0 Å². The van der Waals surface area contributed by atoms with E-state index >= 15 is 0 Å². The molecule has 100 valence electrons. The van der Waals surface area contributed by atoms with Crippen LogP contribution in [0.2, 0.25) is 0 Å². The molecule has 0 N–H and O–H groups in total. The van der Waals surface area contributed by atoms with E-state index in [1.165, 1.54) is 0 Å². The average molecular weight is 252 g/mol. The van der Waals surface area contributed by atoms with Gasteiger partial charge in [0.1, 0.15) is 0 Å². The largest absolute Gasteiger partial charge is 0.348 e. The third kappa shape index (κ3) is 3.07. The lowest BCUT2D eigenvalue weighted by Crippen LogP contribution is -2.40. The first-order valence-electron chi connectivity index (χ1n) is 6.29. The molecule has 0 aromatic carbocycles. The predicted octanol–water partition coefficient (Wildman–Crippen LogP) is 0.646. The fraction of sp³-hybridized carbons (Fsp3) is 0.750. The fourth-order valence-electron chi connectivity index (χ4n) is 2.15. The zero-order valence-electron chi connectivity index (χ0n) is 11.2. The van der Waals surface area contributed by atoms with Crippen molar-refractivity contribution in [2.24, 2.45) is 0 Å². The summed E-state index contributed by atoms with van der Waals surface area (Å²) >= 11 is 0. The van der Waals surface area contributed by atoms with Gasteiger partial charge in [-0.2, -0.15) is 4.98 Å². The molecule has 1 fully saturated rings. The first-order chi connectivity index (χ1) is 8.56. The van der Waals surface area contributed by atoms with Crippen LogP contribution >= 0.6 is 0 Å². The molecule has 1 amide bonds. The van der Waals surface area contributed by atoms with E-state index in [0.29, 0.717) is 18.3 Å². The molecule has 1 saturated heterocycles. The number of aryl methyl sites for hydroxylation is 1. The summed E-state index contributed by atoms with van der Waals surface area (Å²) in [7, 11) is 3.58. The highest BCUT2D eigenvalue weighted by molar-refractivity contribution is 5.77. The maximum absolute atomic E-state index is 11.6. The second-order valence-corrected chi connectivity index (χ2v) is 5.02. The number of rotatable bonds is 3. The van der Waals surface area contributed by atoms with Crippen LogP contribution in [-0.4, -0.2) is 59.6 Å². The molecule has 2 heterocycles. The number of carbonyl (C=O) groups excluding carboxylic acids is 1. The molecular weight excluding hydrogens is 232 g/mol. The minimum absolute atomic E-state index is 0.155. The lowest BCUT2D eigenvalue weighted by atomic mass is 9.97. The number of amides is 1. The highest BCUT2D eigenvalue weighted by Crippen LogP contribution is 2.26. The molecule has 6 nitrogen and oxygen atoms in total. The van der Waals surface area contributed by atoms with Crippen molar-refractivity contribution in [1.29, 1.82) is 0 Å². The monoisotopic (exact) mass is 252 g/mol.